The normalized spacial score (nSPS) is 20.0. The summed E-state index contributed by atoms with van der Waals surface area (Å²) < 4.78 is 0. The van der Waals surface area contributed by atoms with Crippen molar-refractivity contribution in [2.24, 2.45) is 11.7 Å². The van der Waals surface area contributed by atoms with Crippen LogP contribution in [0.25, 0.3) is 0 Å². The molecule has 0 saturated heterocycles. The summed E-state index contributed by atoms with van der Waals surface area (Å²) in [5.74, 6) is 0.986. The van der Waals surface area contributed by atoms with Gasteiger partial charge in [-0.05, 0) is 31.6 Å². The fourth-order valence-electron chi connectivity index (χ4n) is 1.81. The monoisotopic (exact) mass is 226 g/mol. The lowest BCUT2D eigenvalue weighted by Gasteiger charge is -2.22. The van der Waals surface area contributed by atoms with E-state index in [9.17, 15) is 4.79 Å². The predicted molar refractivity (Wildman–Crippen MR) is 63.5 cm³/mol. The summed E-state index contributed by atoms with van der Waals surface area (Å²) in [5.41, 5.74) is 5.47. The molecule has 0 aliphatic heterocycles. The molecule has 3 nitrogen and oxygen atoms in total. The zero-order valence-corrected chi connectivity index (χ0v) is 9.76. The van der Waals surface area contributed by atoms with Gasteiger partial charge in [0.1, 0.15) is 0 Å². The number of thiocarbonyl (C=S) groups is 1. The van der Waals surface area contributed by atoms with E-state index in [0.717, 1.165) is 25.8 Å². The van der Waals surface area contributed by atoms with Crippen LogP contribution in [0.5, 0.6) is 0 Å². The third-order valence-electron chi connectivity index (χ3n) is 3.07. The van der Waals surface area contributed by atoms with Crippen LogP contribution in [0.3, 0.4) is 0 Å². The highest BCUT2D eigenvalue weighted by molar-refractivity contribution is 7.80. The SMILES string of the molecule is NC(=S)CCN(C(=O)CC1CC1)C1CC1. The maximum absolute atomic E-state index is 11.9. The molecule has 1 amide bonds. The summed E-state index contributed by atoms with van der Waals surface area (Å²) in [6.07, 6.45) is 6.21. The Hall–Kier alpha value is -0.640. The van der Waals surface area contributed by atoms with Crippen molar-refractivity contribution in [3.63, 3.8) is 0 Å². The van der Waals surface area contributed by atoms with E-state index < -0.39 is 0 Å². The Bertz CT molecular complexity index is 272. The first-order chi connectivity index (χ1) is 7.16. The van der Waals surface area contributed by atoms with Gasteiger partial charge in [-0.25, -0.2) is 0 Å². The summed E-state index contributed by atoms with van der Waals surface area (Å²) in [6, 6.07) is 0.491. The van der Waals surface area contributed by atoms with Crippen LogP contribution in [-0.2, 0) is 4.79 Å². The van der Waals surface area contributed by atoms with Gasteiger partial charge in [0.15, 0.2) is 0 Å². The molecule has 0 unspecified atom stereocenters. The van der Waals surface area contributed by atoms with E-state index in [0.29, 0.717) is 29.3 Å². The smallest absolute Gasteiger partial charge is 0.223 e. The lowest BCUT2D eigenvalue weighted by molar-refractivity contribution is -0.132. The number of hydrogen-bond acceptors (Lipinski definition) is 2. The van der Waals surface area contributed by atoms with Crippen molar-refractivity contribution in [1.82, 2.24) is 4.90 Å². The number of amides is 1. The van der Waals surface area contributed by atoms with Crippen molar-refractivity contribution in [2.75, 3.05) is 6.54 Å². The first-order valence-electron chi connectivity index (χ1n) is 5.74. The van der Waals surface area contributed by atoms with Gasteiger partial charge in [-0.1, -0.05) is 12.2 Å². The van der Waals surface area contributed by atoms with Gasteiger partial charge >= 0.3 is 0 Å². The van der Waals surface area contributed by atoms with Crippen LogP contribution in [-0.4, -0.2) is 28.4 Å². The van der Waals surface area contributed by atoms with Crippen LogP contribution in [0, 0.1) is 5.92 Å². The molecule has 0 bridgehead atoms. The molecule has 2 rings (SSSR count). The second-order valence-corrected chi connectivity index (χ2v) is 5.21. The van der Waals surface area contributed by atoms with E-state index >= 15 is 0 Å². The van der Waals surface area contributed by atoms with Crippen molar-refractivity contribution >= 4 is 23.1 Å². The molecule has 2 aliphatic rings. The zero-order chi connectivity index (χ0) is 10.8. The molecular weight excluding hydrogens is 208 g/mol. The molecular formula is C11H18N2OS. The van der Waals surface area contributed by atoms with Crippen LogP contribution >= 0.6 is 12.2 Å². The van der Waals surface area contributed by atoms with Gasteiger partial charge in [0.05, 0.1) is 4.99 Å². The minimum Gasteiger partial charge on any atom is -0.393 e. The van der Waals surface area contributed by atoms with Crippen LogP contribution in [0.4, 0.5) is 0 Å². The van der Waals surface area contributed by atoms with Gasteiger partial charge < -0.3 is 10.6 Å². The molecule has 0 atom stereocenters. The zero-order valence-electron chi connectivity index (χ0n) is 8.95. The van der Waals surface area contributed by atoms with Gasteiger partial charge in [-0.3, -0.25) is 4.79 Å². The second kappa shape index (κ2) is 4.47. The molecule has 15 heavy (non-hydrogen) atoms. The third-order valence-corrected chi connectivity index (χ3v) is 3.27. The average Bonchev–Trinajstić information content (AvgIpc) is 2.97. The Balaban J connectivity index is 1.80. The quantitative estimate of drug-likeness (QED) is 0.697. The summed E-state index contributed by atoms with van der Waals surface area (Å²) >= 11 is 4.85. The highest BCUT2D eigenvalue weighted by Crippen LogP contribution is 2.35. The second-order valence-electron chi connectivity index (χ2n) is 4.68. The average molecular weight is 226 g/mol. The number of hydrogen-bond donors (Lipinski definition) is 1. The molecule has 2 aliphatic carbocycles. The molecule has 4 heteroatoms. The Morgan fingerprint density at radius 1 is 1.33 bits per heavy atom. The van der Waals surface area contributed by atoms with Crippen molar-refractivity contribution in [2.45, 2.75) is 44.6 Å². The van der Waals surface area contributed by atoms with E-state index in [1.54, 1.807) is 0 Å². The van der Waals surface area contributed by atoms with Crippen molar-refractivity contribution in [1.29, 1.82) is 0 Å². The van der Waals surface area contributed by atoms with E-state index in [-0.39, 0.29) is 0 Å². The van der Waals surface area contributed by atoms with E-state index in [1.165, 1.54) is 12.8 Å². The molecule has 0 aromatic carbocycles. The summed E-state index contributed by atoms with van der Waals surface area (Å²) in [6.45, 7) is 0.728. The van der Waals surface area contributed by atoms with E-state index in [4.69, 9.17) is 18.0 Å². The Labute approximate surface area is 96.0 Å². The first kappa shape index (κ1) is 10.9. The number of carbonyl (C=O) groups is 1. The molecule has 0 heterocycles. The summed E-state index contributed by atoms with van der Waals surface area (Å²) in [7, 11) is 0. The topological polar surface area (TPSA) is 46.3 Å². The first-order valence-corrected chi connectivity index (χ1v) is 6.15. The number of nitrogens with two attached hydrogens (primary N) is 1. The third kappa shape index (κ3) is 3.45. The van der Waals surface area contributed by atoms with Crippen LogP contribution in [0.15, 0.2) is 0 Å². The Morgan fingerprint density at radius 2 is 2.00 bits per heavy atom. The molecule has 84 valence electrons. The minimum atomic E-state index is 0.316. The fraction of sp³-hybridized carbons (Fsp3) is 0.818. The van der Waals surface area contributed by atoms with Gasteiger partial charge in [-0.15, -0.1) is 0 Å². The van der Waals surface area contributed by atoms with Gasteiger partial charge in [-0.2, -0.15) is 0 Å². The molecule has 2 saturated carbocycles. The van der Waals surface area contributed by atoms with E-state index in [1.807, 2.05) is 4.90 Å². The van der Waals surface area contributed by atoms with Gasteiger partial charge in [0, 0.05) is 25.4 Å². The molecule has 2 fully saturated rings. The Kier molecular flexibility index (Phi) is 3.24. The van der Waals surface area contributed by atoms with Gasteiger partial charge in [0.25, 0.3) is 0 Å². The maximum Gasteiger partial charge on any atom is 0.223 e. The summed E-state index contributed by atoms with van der Waals surface area (Å²) in [5, 5.41) is 0. The van der Waals surface area contributed by atoms with E-state index in [2.05, 4.69) is 0 Å². The van der Waals surface area contributed by atoms with Gasteiger partial charge in [0.2, 0.25) is 5.91 Å². The van der Waals surface area contributed by atoms with Crippen molar-refractivity contribution in [3.8, 4) is 0 Å². The highest BCUT2D eigenvalue weighted by atomic mass is 32.1. The van der Waals surface area contributed by atoms with Crippen LogP contribution in [0.2, 0.25) is 0 Å². The molecule has 0 aromatic heterocycles. The maximum atomic E-state index is 11.9. The summed E-state index contributed by atoms with van der Waals surface area (Å²) in [4.78, 5) is 14.4. The predicted octanol–water partition coefficient (Wildman–Crippen LogP) is 1.45. The molecule has 2 N–H and O–H groups in total. The molecule has 0 spiro atoms. The minimum absolute atomic E-state index is 0.316. The Morgan fingerprint density at radius 3 is 2.47 bits per heavy atom. The van der Waals surface area contributed by atoms with Crippen LogP contribution < -0.4 is 5.73 Å². The fourth-order valence-corrected chi connectivity index (χ4v) is 1.91. The lowest BCUT2D eigenvalue weighted by atomic mass is 10.2. The molecule has 0 aromatic rings. The van der Waals surface area contributed by atoms with Crippen molar-refractivity contribution < 1.29 is 4.79 Å². The number of rotatable bonds is 6. The lowest BCUT2D eigenvalue weighted by Crippen LogP contribution is -2.35. The standard InChI is InChI=1S/C11H18N2OS/c12-10(15)5-6-13(9-3-4-9)11(14)7-8-1-2-8/h8-9H,1-7H2,(H2,12,15). The largest absolute Gasteiger partial charge is 0.393 e. The molecule has 0 radical (unpaired) electrons. The number of nitrogens with zero attached hydrogens (tertiary/aromatic N) is 1. The van der Waals surface area contributed by atoms with Crippen molar-refractivity contribution in [3.05, 3.63) is 0 Å². The van der Waals surface area contributed by atoms with Crippen LogP contribution in [0.1, 0.15) is 38.5 Å². The number of carbonyl (C=O) groups excluding carboxylic acids is 1. The highest BCUT2D eigenvalue weighted by Gasteiger charge is 2.34.